The first kappa shape index (κ1) is 48.8. The smallest absolute Gasteiger partial charge is 0.410 e. The van der Waals surface area contributed by atoms with Crippen molar-refractivity contribution in [3.63, 3.8) is 0 Å². The number of thioether (sulfide) groups is 1. The minimum Gasteiger partial charge on any atom is -0.493 e. The van der Waals surface area contributed by atoms with Crippen molar-refractivity contribution in [3.05, 3.63) is 127 Å². The second-order valence-electron chi connectivity index (χ2n) is 16.3. The van der Waals surface area contributed by atoms with Crippen LogP contribution in [0.2, 0.25) is 0 Å². The Bertz CT molecular complexity index is 1960. The van der Waals surface area contributed by atoms with Gasteiger partial charge in [-0.05, 0) is 85.4 Å². The lowest BCUT2D eigenvalue weighted by atomic mass is 9.55. The largest absolute Gasteiger partial charge is 0.493 e. The van der Waals surface area contributed by atoms with E-state index in [1.807, 2.05) is 60.7 Å². The summed E-state index contributed by atoms with van der Waals surface area (Å²) in [6.45, 7) is 9.17. The number of hydrogen-bond donors (Lipinski definition) is 3. The van der Waals surface area contributed by atoms with Crippen molar-refractivity contribution in [2.24, 2.45) is 22.9 Å². The molecular formula is C51H66N2O10S. The summed E-state index contributed by atoms with van der Waals surface area (Å²) >= 11 is 1.74. The summed E-state index contributed by atoms with van der Waals surface area (Å²) in [5, 5.41) is 34.4. The van der Waals surface area contributed by atoms with Crippen LogP contribution in [0.25, 0.3) is 0 Å². The van der Waals surface area contributed by atoms with Gasteiger partial charge in [-0.2, -0.15) is 0 Å². The molecule has 0 bridgehead atoms. The van der Waals surface area contributed by atoms with Crippen molar-refractivity contribution in [3.8, 4) is 11.5 Å². The minimum absolute atomic E-state index is 0.0448. The van der Waals surface area contributed by atoms with Gasteiger partial charge in [-0.1, -0.05) is 84.8 Å². The number of oxime groups is 1. The second kappa shape index (κ2) is 25.8. The zero-order valence-electron chi connectivity index (χ0n) is 37.0. The van der Waals surface area contributed by atoms with E-state index in [0.29, 0.717) is 37.3 Å². The number of nitrogens with zero attached hydrogens (tertiary/aromatic N) is 2. The SMILES string of the molecule is C=CCCOC(=O)N(CCOCCO)[C@H]1CC(=NOCc2ccccc2)C2=C[C@H](CCCCO)[C@@H](CCCCO)[C@@H]3c4cc(OCCSc5ccccc5)ccc4O[C@@]1(OCC=C)[C@H]23. The van der Waals surface area contributed by atoms with Gasteiger partial charge in [0, 0.05) is 48.3 Å². The van der Waals surface area contributed by atoms with Crippen molar-refractivity contribution in [2.75, 3.05) is 65.2 Å². The molecule has 64 heavy (non-hydrogen) atoms. The van der Waals surface area contributed by atoms with Crippen molar-refractivity contribution >= 4 is 23.6 Å². The number of carbonyl (C=O) groups excluding carboxylic acids is 1. The van der Waals surface area contributed by atoms with E-state index < -0.39 is 23.8 Å². The number of carbonyl (C=O) groups is 1. The second-order valence-corrected chi connectivity index (χ2v) is 17.4. The van der Waals surface area contributed by atoms with Gasteiger partial charge in [-0.3, -0.25) is 4.90 Å². The topological polar surface area (TPSA) is 149 Å². The van der Waals surface area contributed by atoms with E-state index in [1.54, 1.807) is 28.8 Å². The number of amides is 1. The molecule has 3 aliphatic rings. The summed E-state index contributed by atoms with van der Waals surface area (Å²) < 4.78 is 32.6. The molecule has 12 nitrogen and oxygen atoms in total. The molecule has 13 heteroatoms. The van der Waals surface area contributed by atoms with E-state index in [-0.39, 0.29) is 83.6 Å². The number of allylic oxidation sites excluding steroid dienone is 1. The number of aliphatic hydroxyl groups is 3. The highest BCUT2D eigenvalue weighted by Gasteiger charge is 2.65. The Labute approximate surface area is 382 Å². The average Bonchev–Trinajstić information content (AvgIpc) is 3.32. The quantitative estimate of drug-likeness (QED) is 0.0278. The Morgan fingerprint density at radius 2 is 1.66 bits per heavy atom. The summed E-state index contributed by atoms with van der Waals surface area (Å²) in [5.74, 6) is 0.0282. The maximum Gasteiger partial charge on any atom is 0.410 e. The number of hydrogen-bond acceptors (Lipinski definition) is 12. The van der Waals surface area contributed by atoms with Crippen molar-refractivity contribution < 1.29 is 48.6 Å². The van der Waals surface area contributed by atoms with Gasteiger partial charge in [-0.15, -0.1) is 24.9 Å². The lowest BCUT2D eigenvalue weighted by Gasteiger charge is -2.59. The molecule has 1 amide bonds. The van der Waals surface area contributed by atoms with Crippen LogP contribution < -0.4 is 9.47 Å². The monoisotopic (exact) mass is 898 g/mol. The highest BCUT2D eigenvalue weighted by molar-refractivity contribution is 7.99. The molecule has 0 radical (unpaired) electrons. The van der Waals surface area contributed by atoms with Gasteiger partial charge in [0.1, 0.15) is 24.1 Å². The van der Waals surface area contributed by atoms with Crippen LogP contribution in [0.15, 0.2) is 126 Å². The van der Waals surface area contributed by atoms with Gasteiger partial charge in [0.2, 0.25) is 5.79 Å². The predicted octanol–water partition coefficient (Wildman–Crippen LogP) is 8.72. The molecule has 0 saturated heterocycles. The lowest BCUT2D eigenvalue weighted by molar-refractivity contribution is -0.256. The maximum atomic E-state index is 14.5. The summed E-state index contributed by atoms with van der Waals surface area (Å²) in [5.41, 5.74) is 3.53. The third-order valence-electron chi connectivity index (χ3n) is 12.1. The lowest BCUT2D eigenvalue weighted by Crippen LogP contribution is -2.70. The molecule has 1 fully saturated rings. The molecule has 2 aliphatic carbocycles. The molecule has 0 aromatic heterocycles. The highest BCUT2D eigenvalue weighted by atomic mass is 32.2. The van der Waals surface area contributed by atoms with Gasteiger partial charge >= 0.3 is 6.09 Å². The van der Waals surface area contributed by atoms with E-state index in [9.17, 15) is 20.1 Å². The summed E-state index contributed by atoms with van der Waals surface area (Å²) in [7, 11) is 0. The summed E-state index contributed by atoms with van der Waals surface area (Å²) in [6.07, 6.45) is 10.4. The Morgan fingerprint density at radius 1 is 0.891 bits per heavy atom. The number of rotatable bonds is 28. The third-order valence-corrected chi connectivity index (χ3v) is 13.1. The predicted molar refractivity (Wildman–Crippen MR) is 250 cm³/mol. The first-order chi connectivity index (χ1) is 31.5. The molecule has 1 saturated carbocycles. The number of unbranched alkanes of at least 4 members (excludes halogenated alkanes) is 2. The Kier molecular flexibility index (Phi) is 19.6. The van der Waals surface area contributed by atoms with Crippen molar-refractivity contribution in [1.29, 1.82) is 0 Å². The maximum absolute atomic E-state index is 14.5. The fourth-order valence-electron chi connectivity index (χ4n) is 9.35. The van der Waals surface area contributed by atoms with Crippen LogP contribution in [0.5, 0.6) is 11.5 Å². The van der Waals surface area contributed by atoms with E-state index in [0.717, 1.165) is 53.9 Å². The van der Waals surface area contributed by atoms with Gasteiger partial charge in [0.15, 0.2) is 0 Å². The summed E-state index contributed by atoms with van der Waals surface area (Å²) in [4.78, 5) is 23.5. The van der Waals surface area contributed by atoms with Crippen LogP contribution in [-0.4, -0.2) is 109 Å². The Morgan fingerprint density at radius 3 is 2.39 bits per heavy atom. The molecule has 1 heterocycles. The molecule has 0 unspecified atom stereocenters. The van der Waals surface area contributed by atoms with Crippen LogP contribution >= 0.6 is 11.8 Å². The minimum atomic E-state index is -1.47. The van der Waals surface area contributed by atoms with E-state index >= 15 is 0 Å². The molecule has 1 aliphatic heterocycles. The van der Waals surface area contributed by atoms with Gasteiger partial charge in [-0.25, -0.2) is 4.79 Å². The van der Waals surface area contributed by atoms with Crippen molar-refractivity contribution in [2.45, 2.75) is 80.6 Å². The van der Waals surface area contributed by atoms with Crippen LogP contribution in [-0.2, 0) is 25.7 Å². The van der Waals surface area contributed by atoms with Crippen LogP contribution in [0.1, 0.15) is 68.4 Å². The fraction of sp³-hybridized carbons (Fsp3) is 0.490. The summed E-state index contributed by atoms with van der Waals surface area (Å²) in [6, 6.07) is 25.3. The Hall–Kier alpha value is -4.63. The van der Waals surface area contributed by atoms with Gasteiger partial charge < -0.3 is 43.8 Å². The molecule has 3 N–H and O–H groups in total. The standard InChI is InChI=1S/C51H66N2O10S/c1-3-5-29-60-50(57)53(24-30-58-31-27-56)47-36-45(52-62-37-38-16-8-6-9-17-38)43-34-39(18-12-14-25-54)42(21-13-15-26-55)48-44-35-40(59-32-33-64-41-19-10-7-11-20-41)22-23-46(44)63-51(47,49(43)48)61-28-4-2/h3-4,6-11,16-17,19-20,22-23,34-35,39,42,47-49,54-56H,1-2,5,12-15,18,21,24-33,36-37H2/t39-,42+,47-,48+,49+,51+/m0/s1. The molecular weight excluding hydrogens is 833 g/mol. The third kappa shape index (κ3) is 12.6. The van der Waals surface area contributed by atoms with Gasteiger partial charge in [0.25, 0.3) is 0 Å². The number of ether oxygens (including phenoxy) is 5. The average molecular weight is 899 g/mol. The van der Waals surface area contributed by atoms with Crippen LogP contribution in [0, 0.1) is 17.8 Å². The zero-order chi connectivity index (χ0) is 45.0. The van der Waals surface area contributed by atoms with E-state index in [4.69, 9.17) is 33.7 Å². The first-order valence-corrected chi connectivity index (χ1v) is 23.7. The van der Waals surface area contributed by atoms with Crippen LogP contribution in [0.3, 0.4) is 0 Å². The molecule has 6 atom stereocenters. The zero-order valence-corrected chi connectivity index (χ0v) is 37.8. The molecule has 3 aromatic rings. The normalized spacial score (nSPS) is 22.6. The molecule has 3 aromatic carbocycles. The van der Waals surface area contributed by atoms with E-state index in [1.165, 1.54) is 4.90 Å². The van der Waals surface area contributed by atoms with E-state index in [2.05, 4.69) is 37.4 Å². The number of benzene rings is 3. The molecule has 346 valence electrons. The molecule has 0 spiro atoms. The highest BCUT2D eigenvalue weighted by Crippen LogP contribution is 2.62. The fourth-order valence-corrected chi connectivity index (χ4v) is 10.1. The first-order valence-electron chi connectivity index (χ1n) is 22.8. The van der Waals surface area contributed by atoms with Gasteiger partial charge in [0.05, 0.1) is 51.3 Å². The van der Waals surface area contributed by atoms with Crippen molar-refractivity contribution in [1.82, 2.24) is 4.90 Å². The number of fused-ring (bicyclic) bond motifs is 2. The van der Waals surface area contributed by atoms with Crippen LogP contribution in [0.4, 0.5) is 4.79 Å². The Balaban J connectivity index is 1.51. The number of aliphatic hydroxyl groups excluding tert-OH is 3. The molecule has 6 rings (SSSR count).